The molecule has 3 nitrogen and oxygen atoms in total. The maximum Gasteiger partial charge on any atom is 0.271 e. The second-order valence-corrected chi connectivity index (χ2v) is 2.85. The molecular weight excluding hydrogens is 199 g/mol. The summed E-state index contributed by atoms with van der Waals surface area (Å²) in [5, 5.41) is -0.375. The van der Waals surface area contributed by atoms with Gasteiger partial charge in [0.1, 0.15) is 16.7 Å². The van der Waals surface area contributed by atoms with Crippen molar-refractivity contribution in [3.05, 3.63) is 22.7 Å². The standard InChI is InChI=1S/C7H6Cl2N2O/c1-2-6-10-4(7(9)12)3-5(8)11-6/h3H,2H2,1H3. The van der Waals surface area contributed by atoms with Gasteiger partial charge in [0.2, 0.25) is 0 Å². The van der Waals surface area contributed by atoms with Crippen LogP contribution in [0.25, 0.3) is 0 Å². The first kappa shape index (κ1) is 9.42. The Morgan fingerprint density at radius 2 is 2.25 bits per heavy atom. The van der Waals surface area contributed by atoms with Crippen LogP contribution < -0.4 is 0 Å². The highest BCUT2D eigenvalue weighted by molar-refractivity contribution is 6.67. The van der Waals surface area contributed by atoms with Crippen molar-refractivity contribution < 1.29 is 4.79 Å². The molecule has 1 heterocycles. The first-order chi connectivity index (χ1) is 5.63. The Morgan fingerprint density at radius 3 is 2.75 bits per heavy atom. The molecule has 12 heavy (non-hydrogen) atoms. The minimum absolute atomic E-state index is 0.147. The average Bonchev–Trinajstić information content (AvgIpc) is 2.03. The van der Waals surface area contributed by atoms with E-state index in [0.717, 1.165) is 0 Å². The van der Waals surface area contributed by atoms with Gasteiger partial charge in [-0.25, -0.2) is 9.97 Å². The molecular formula is C7H6Cl2N2O. The minimum atomic E-state index is -0.617. The number of aromatic nitrogens is 2. The normalized spacial score (nSPS) is 9.92. The summed E-state index contributed by atoms with van der Waals surface area (Å²) in [5.41, 5.74) is 0.147. The molecule has 1 aromatic rings. The van der Waals surface area contributed by atoms with Crippen LogP contribution >= 0.6 is 23.2 Å². The first-order valence-electron chi connectivity index (χ1n) is 3.36. The van der Waals surface area contributed by atoms with Gasteiger partial charge in [-0.1, -0.05) is 18.5 Å². The number of hydrogen-bond donors (Lipinski definition) is 0. The quantitative estimate of drug-likeness (QED) is 0.548. The maximum absolute atomic E-state index is 10.7. The number of aryl methyl sites for hydroxylation is 1. The fourth-order valence-corrected chi connectivity index (χ4v) is 1.02. The lowest BCUT2D eigenvalue weighted by atomic mass is 10.4. The SMILES string of the molecule is CCc1nc(Cl)cc(C(=O)Cl)n1. The molecule has 0 saturated heterocycles. The molecule has 64 valence electrons. The molecule has 0 aliphatic rings. The van der Waals surface area contributed by atoms with Crippen LogP contribution in [0.5, 0.6) is 0 Å². The Kier molecular flexibility index (Phi) is 3.00. The molecule has 0 bridgehead atoms. The van der Waals surface area contributed by atoms with Crippen molar-refractivity contribution in [3.8, 4) is 0 Å². The van der Waals surface area contributed by atoms with Crippen molar-refractivity contribution in [2.24, 2.45) is 0 Å². The number of hydrogen-bond acceptors (Lipinski definition) is 3. The van der Waals surface area contributed by atoms with E-state index in [2.05, 4.69) is 9.97 Å². The molecule has 0 amide bonds. The number of nitrogens with zero attached hydrogens (tertiary/aromatic N) is 2. The molecule has 1 aromatic heterocycles. The maximum atomic E-state index is 10.7. The highest BCUT2D eigenvalue weighted by Crippen LogP contribution is 2.09. The van der Waals surface area contributed by atoms with Gasteiger partial charge in [0.15, 0.2) is 0 Å². The zero-order chi connectivity index (χ0) is 9.14. The Bertz CT molecular complexity index is 314. The van der Waals surface area contributed by atoms with Crippen LogP contribution in [-0.4, -0.2) is 15.2 Å². The Balaban J connectivity index is 3.15. The van der Waals surface area contributed by atoms with Crippen molar-refractivity contribution in [2.75, 3.05) is 0 Å². The van der Waals surface area contributed by atoms with Crippen molar-refractivity contribution in [1.82, 2.24) is 9.97 Å². The van der Waals surface area contributed by atoms with E-state index in [0.29, 0.717) is 12.2 Å². The number of carbonyl (C=O) groups excluding carboxylic acids is 1. The van der Waals surface area contributed by atoms with E-state index in [1.165, 1.54) is 6.07 Å². The van der Waals surface area contributed by atoms with Gasteiger partial charge in [0, 0.05) is 12.5 Å². The minimum Gasteiger partial charge on any atom is -0.274 e. The summed E-state index contributed by atoms with van der Waals surface area (Å²) in [6.07, 6.45) is 0.623. The van der Waals surface area contributed by atoms with E-state index in [1.54, 1.807) is 0 Å². The largest absolute Gasteiger partial charge is 0.274 e. The molecule has 0 saturated carbocycles. The summed E-state index contributed by atoms with van der Waals surface area (Å²) in [6, 6.07) is 1.34. The predicted molar refractivity (Wildman–Crippen MR) is 46.6 cm³/mol. The lowest BCUT2D eigenvalue weighted by Gasteiger charge is -1.98. The van der Waals surface area contributed by atoms with Crippen molar-refractivity contribution in [2.45, 2.75) is 13.3 Å². The highest BCUT2D eigenvalue weighted by Gasteiger charge is 2.06. The van der Waals surface area contributed by atoms with Crippen molar-refractivity contribution in [1.29, 1.82) is 0 Å². The Hall–Kier alpha value is -0.670. The predicted octanol–water partition coefficient (Wildman–Crippen LogP) is 2.07. The van der Waals surface area contributed by atoms with Crippen LogP contribution in [0, 0.1) is 0 Å². The van der Waals surface area contributed by atoms with Gasteiger partial charge in [-0.3, -0.25) is 4.79 Å². The van der Waals surface area contributed by atoms with Gasteiger partial charge in [-0.15, -0.1) is 0 Å². The monoisotopic (exact) mass is 204 g/mol. The third-order valence-electron chi connectivity index (χ3n) is 1.26. The van der Waals surface area contributed by atoms with Crippen LogP contribution in [0.15, 0.2) is 6.07 Å². The molecule has 0 radical (unpaired) electrons. The van der Waals surface area contributed by atoms with Crippen LogP contribution in [0.4, 0.5) is 0 Å². The van der Waals surface area contributed by atoms with Gasteiger partial charge in [0.05, 0.1) is 0 Å². The van der Waals surface area contributed by atoms with Crippen LogP contribution in [0.3, 0.4) is 0 Å². The van der Waals surface area contributed by atoms with E-state index in [9.17, 15) is 4.79 Å². The number of carbonyl (C=O) groups is 1. The zero-order valence-electron chi connectivity index (χ0n) is 6.34. The smallest absolute Gasteiger partial charge is 0.271 e. The Morgan fingerprint density at radius 1 is 1.58 bits per heavy atom. The van der Waals surface area contributed by atoms with Gasteiger partial charge in [0.25, 0.3) is 5.24 Å². The summed E-state index contributed by atoms with van der Waals surface area (Å²) < 4.78 is 0. The molecule has 0 spiro atoms. The van der Waals surface area contributed by atoms with Gasteiger partial charge in [-0.05, 0) is 11.6 Å². The fourth-order valence-electron chi connectivity index (χ4n) is 0.724. The Labute approximate surface area is 79.7 Å². The summed E-state index contributed by atoms with van der Waals surface area (Å²) in [7, 11) is 0. The molecule has 0 aromatic carbocycles. The van der Waals surface area contributed by atoms with E-state index >= 15 is 0 Å². The van der Waals surface area contributed by atoms with Crippen LogP contribution in [0.2, 0.25) is 5.15 Å². The van der Waals surface area contributed by atoms with Crippen molar-refractivity contribution in [3.63, 3.8) is 0 Å². The summed E-state index contributed by atoms with van der Waals surface area (Å²) in [6.45, 7) is 1.87. The summed E-state index contributed by atoms with van der Waals surface area (Å²) in [4.78, 5) is 18.4. The molecule has 1 rings (SSSR count). The molecule has 0 atom stereocenters. The molecule has 0 aliphatic heterocycles. The van der Waals surface area contributed by atoms with E-state index in [-0.39, 0.29) is 10.8 Å². The molecule has 0 N–H and O–H groups in total. The number of halogens is 2. The highest BCUT2D eigenvalue weighted by atomic mass is 35.5. The topological polar surface area (TPSA) is 42.9 Å². The third kappa shape index (κ3) is 2.16. The second kappa shape index (κ2) is 3.83. The lowest BCUT2D eigenvalue weighted by molar-refractivity contribution is 0.107. The first-order valence-corrected chi connectivity index (χ1v) is 4.12. The van der Waals surface area contributed by atoms with E-state index in [1.807, 2.05) is 6.92 Å². The number of rotatable bonds is 2. The molecule has 5 heteroatoms. The average molecular weight is 205 g/mol. The van der Waals surface area contributed by atoms with E-state index < -0.39 is 5.24 Å². The van der Waals surface area contributed by atoms with Gasteiger partial charge >= 0.3 is 0 Å². The molecule has 0 aliphatic carbocycles. The van der Waals surface area contributed by atoms with Gasteiger partial charge in [-0.2, -0.15) is 0 Å². The van der Waals surface area contributed by atoms with Gasteiger partial charge < -0.3 is 0 Å². The molecule has 0 fully saturated rings. The fraction of sp³-hybridized carbons (Fsp3) is 0.286. The second-order valence-electron chi connectivity index (χ2n) is 2.12. The summed E-state index contributed by atoms with van der Waals surface area (Å²) in [5.74, 6) is 0.520. The zero-order valence-corrected chi connectivity index (χ0v) is 7.85. The third-order valence-corrected chi connectivity index (χ3v) is 1.65. The van der Waals surface area contributed by atoms with Crippen LogP contribution in [-0.2, 0) is 6.42 Å². The molecule has 0 unspecified atom stereocenters. The van der Waals surface area contributed by atoms with Crippen LogP contribution in [0.1, 0.15) is 23.2 Å². The van der Waals surface area contributed by atoms with E-state index in [4.69, 9.17) is 23.2 Å². The summed E-state index contributed by atoms with van der Waals surface area (Å²) >= 11 is 10.8. The van der Waals surface area contributed by atoms with Crippen molar-refractivity contribution >= 4 is 28.4 Å². The lowest BCUT2D eigenvalue weighted by Crippen LogP contribution is -2.00.